The lowest BCUT2D eigenvalue weighted by Gasteiger charge is -2.34. The number of halogens is 3. The third-order valence-corrected chi connectivity index (χ3v) is 4.27. The standard InChI is InChI=1S/C15H19F3N2/c16-15(17,18)13-5-6-14(20-9-7-19-8-10-20)12-4-2-1-3-11(12)13/h5-6,19H,1-4,7-10H2. The molecule has 0 amide bonds. The van der Waals surface area contributed by atoms with Gasteiger partial charge in [0, 0.05) is 31.9 Å². The van der Waals surface area contributed by atoms with Crippen LogP contribution >= 0.6 is 0 Å². The Morgan fingerprint density at radius 2 is 1.60 bits per heavy atom. The van der Waals surface area contributed by atoms with Crippen LogP contribution in [-0.2, 0) is 19.0 Å². The summed E-state index contributed by atoms with van der Waals surface area (Å²) < 4.78 is 39.4. The SMILES string of the molecule is FC(F)(F)c1ccc(N2CCNCC2)c2c1CCCC2. The van der Waals surface area contributed by atoms with Gasteiger partial charge in [-0.05, 0) is 48.9 Å². The number of alkyl halides is 3. The van der Waals surface area contributed by atoms with Crippen molar-refractivity contribution in [2.75, 3.05) is 31.1 Å². The summed E-state index contributed by atoms with van der Waals surface area (Å²) in [6.07, 6.45) is -1.04. The second kappa shape index (κ2) is 5.28. The molecule has 1 aromatic rings. The summed E-state index contributed by atoms with van der Waals surface area (Å²) >= 11 is 0. The average molecular weight is 284 g/mol. The van der Waals surface area contributed by atoms with Crippen LogP contribution in [0.5, 0.6) is 0 Å². The normalized spacial score (nSPS) is 19.9. The van der Waals surface area contributed by atoms with E-state index in [2.05, 4.69) is 10.2 Å². The highest BCUT2D eigenvalue weighted by Crippen LogP contribution is 2.40. The molecule has 3 rings (SSSR count). The van der Waals surface area contributed by atoms with Crippen molar-refractivity contribution >= 4 is 5.69 Å². The maximum Gasteiger partial charge on any atom is 0.416 e. The van der Waals surface area contributed by atoms with E-state index in [1.165, 1.54) is 6.07 Å². The first kappa shape index (κ1) is 13.7. The number of piperazine rings is 1. The fourth-order valence-corrected chi connectivity index (χ4v) is 3.32. The Bertz CT molecular complexity index is 491. The number of anilines is 1. The van der Waals surface area contributed by atoms with E-state index in [0.717, 1.165) is 56.7 Å². The molecule has 1 aliphatic carbocycles. The van der Waals surface area contributed by atoms with Gasteiger partial charge in [0.05, 0.1) is 5.56 Å². The molecule has 1 fully saturated rings. The Morgan fingerprint density at radius 3 is 2.25 bits per heavy atom. The maximum absolute atomic E-state index is 13.1. The molecule has 0 spiro atoms. The van der Waals surface area contributed by atoms with Crippen LogP contribution in [0.3, 0.4) is 0 Å². The number of nitrogens with zero attached hydrogens (tertiary/aromatic N) is 1. The molecule has 1 aliphatic heterocycles. The Labute approximate surface area is 117 Å². The highest BCUT2D eigenvalue weighted by atomic mass is 19.4. The van der Waals surface area contributed by atoms with Crippen LogP contribution in [0, 0.1) is 0 Å². The van der Waals surface area contributed by atoms with E-state index in [-0.39, 0.29) is 0 Å². The zero-order valence-corrected chi connectivity index (χ0v) is 11.4. The molecule has 0 unspecified atom stereocenters. The minimum absolute atomic E-state index is 0.425. The molecule has 1 N–H and O–H groups in total. The molecule has 110 valence electrons. The van der Waals surface area contributed by atoms with Gasteiger partial charge in [0.1, 0.15) is 0 Å². The second-order valence-electron chi connectivity index (χ2n) is 5.53. The molecule has 20 heavy (non-hydrogen) atoms. The van der Waals surface area contributed by atoms with E-state index < -0.39 is 11.7 Å². The van der Waals surface area contributed by atoms with Crippen LogP contribution in [0.15, 0.2) is 12.1 Å². The summed E-state index contributed by atoms with van der Waals surface area (Å²) in [7, 11) is 0. The molecule has 1 aromatic carbocycles. The second-order valence-corrected chi connectivity index (χ2v) is 5.53. The van der Waals surface area contributed by atoms with Gasteiger partial charge in [-0.15, -0.1) is 0 Å². The Hall–Kier alpha value is -1.23. The summed E-state index contributed by atoms with van der Waals surface area (Å²) in [5, 5.41) is 3.28. The quantitative estimate of drug-likeness (QED) is 0.853. The maximum atomic E-state index is 13.1. The van der Waals surface area contributed by atoms with Crippen molar-refractivity contribution in [3.63, 3.8) is 0 Å². The molecule has 1 saturated heterocycles. The van der Waals surface area contributed by atoms with E-state index in [9.17, 15) is 13.2 Å². The largest absolute Gasteiger partial charge is 0.416 e. The average Bonchev–Trinajstić information content (AvgIpc) is 2.46. The number of fused-ring (bicyclic) bond motifs is 1. The monoisotopic (exact) mass is 284 g/mol. The smallest absolute Gasteiger partial charge is 0.369 e. The van der Waals surface area contributed by atoms with Crippen LogP contribution in [0.2, 0.25) is 0 Å². The third-order valence-electron chi connectivity index (χ3n) is 4.27. The predicted molar refractivity (Wildman–Crippen MR) is 73.2 cm³/mol. The molecule has 2 aliphatic rings. The number of hydrogen-bond acceptors (Lipinski definition) is 2. The van der Waals surface area contributed by atoms with Crippen LogP contribution in [-0.4, -0.2) is 26.2 Å². The van der Waals surface area contributed by atoms with E-state index in [1.54, 1.807) is 6.07 Å². The van der Waals surface area contributed by atoms with Crippen LogP contribution in [0.4, 0.5) is 18.9 Å². The van der Waals surface area contributed by atoms with Crippen molar-refractivity contribution in [1.82, 2.24) is 5.32 Å². The van der Waals surface area contributed by atoms with Gasteiger partial charge in [-0.1, -0.05) is 0 Å². The minimum Gasteiger partial charge on any atom is -0.369 e. The van der Waals surface area contributed by atoms with E-state index in [0.29, 0.717) is 12.0 Å². The van der Waals surface area contributed by atoms with Gasteiger partial charge in [-0.25, -0.2) is 0 Å². The molecule has 0 radical (unpaired) electrons. The summed E-state index contributed by atoms with van der Waals surface area (Å²) in [4.78, 5) is 2.22. The lowest BCUT2D eigenvalue weighted by molar-refractivity contribution is -0.138. The summed E-state index contributed by atoms with van der Waals surface area (Å²) in [5.74, 6) is 0. The molecule has 0 aromatic heterocycles. The van der Waals surface area contributed by atoms with Crippen LogP contribution in [0.1, 0.15) is 29.5 Å². The fraction of sp³-hybridized carbons (Fsp3) is 0.600. The zero-order chi connectivity index (χ0) is 14.2. The van der Waals surface area contributed by atoms with Crippen molar-refractivity contribution in [3.8, 4) is 0 Å². The van der Waals surface area contributed by atoms with Crippen LogP contribution < -0.4 is 10.2 Å². The van der Waals surface area contributed by atoms with Crippen molar-refractivity contribution in [2.24, 2.45) is 0 Å². The van der Waals surface area contributed by atoms with Gasteiger partial charge in [-0.3, -0.25) is 0 Å². The number of nitrogens with one attached hydrogen (secondary N) is 1. The van der Waals surface area contributed by atoms with Gasteiger partial charge < -0.3 is 10.2 Å². The van der Waals surface area contributed by atoms with E-state index in [1.807, 2.05) is 0 Å². The van der Waals surface area contributed by atoms with Gasteiger partial charge in [0.2, 0.25) is 0 Å². The first-order valence-corrected chi connectivity index (χ1v) is 7.25. The topological polar surface area (TPSA) is 15.3 Å². The Balaban J connectivity index is 2.04. The molecule has 0 saturated carbocycles. The van der Waals surface area contributed by atoms with Gasteiger partial charge >= 0.3 is 6.18 Å². The molecule has 0 bridgehead atoms. The Morgan fingerprint density at radius 1 is 0.950 bits per heavy atom. The lowest BCUT2D eigenvalue weighted by atomic mass is 9.86. The van der Waals surface area contributed by atoms with Crippen molar-refractivity contribution in [2.45, 2.75) is 31.9 Å². The van der Waals surface area contributed by atoms with Crippen LogP contribution in [0.25, 0.3) is 0 Å². The zero-order valence-electron chi connectivity index (χ0n) is 11.4. The first-order valence-electron chi connectivity index (χ1n) is 7.25. The number of benzene rings is 1. The van der Waals surface area contributed by atoms with E-state index in [4.69, 9.17) is 0 Å². The Kier molecular flexibility index (Phi) is 3.63. The molecule has 2 nitrogen and oxygen atoms in total. The van der Waals surface area contributed by atoms with E-state index >= 15 is 0 Å². The first-order chi connectivity index (χ1) is 9.57. The number of hydrogen-bond donors (Lipinski definition) is 1. The van der Waals surface area contributed by atoms with Crippen molar-refractivity contribution in [1.29, 1.82) is 0 Å². The summed E-state index contributed by atoms with van der Waals surface area (Å²) in [5.41, 5.74) is 2.08. The molecular weight excluding hydrogens is 265 g/mol. The highest BCUT2D eigenvalue weighted by molar-refractivity contribution is 5.60. The molecule has 0 atom stereocenters. The molecule has 5 heteroatoms. The predicted octanol–water partition coefficient (Wildman–Crippen LogP) is 2.99. The molecular formula is C15H19F3N2. The van der Waals surface area contributed by atoms with Crippen molar-refractivity contribution < 1.29 is 13.2 Å². The minimum atomic E-state index is -4.23. The van der Waals surface area contributed by atoms with Gasteiger partial charge in [0.15, 0.2) is 0 Å². The molecule has 1 heterocycles. The van der Waals surface area contributed by atoms with Crippen molar-refractivity contribution in [3.05, 3.63) is 28.8 Å². The summed E-state index contributed by atoms with van der Waals surface area (Å²) in [6.45, 7) is 3.54. The lowest BCUT2D eigenvalue weighted by Crippen LogP contribution is -2.44. The number of rotatable bonds is 1. The summed E-state index contributed by atoms with van der Waals surface area (Å²) in [6, 6.07) is 2.96. The highest BCUT2D eigenvalue weighted by Gasteiger charge is 2.35. The fourth-order valence-electron chi connectivity index (χ4n) is 3.32. The third kappa shape index (κ3) is 2.51. The van der Waals surface area contributed by atoms with Gasteiger partial charge in [0.25, 0.3) is 0 Å². The van der Waals surface area contributed by atoms with Gasteiger partial charge in [-0.2, -0.15) is 13.2 Å².